The Kier molecular flexibility index (Phi) is 4.47. The van der Waals surface area contributed by atoms with Gasteiger partial charge in [-0.2, -0.15) is 0 Å². The molecule has 9 heteroatoms. The van der Waals surface area contributed by atoms with E-state index in [4.69, 9.17) is 4.42 Å². The summed E-state index contributed by atoms with van der Waals surface area (Å²) in [6, 6.07) is 9.85. The number of rotatable bonds is 4. The Bertz CT molecular complexity index is 1410. The van der Waals surface area contributed by atoms with Gasteiger partial charge in [-0.05, 0) is 30.3 Å². The normalized spacial score (nSPS) is 11.0. The average Bonchev–Trinajstić information content (AvgIpc) is 3.41. The van der Waals surface area contributed by atoms with Crippen LogP contribution in [0.1, 0.15) is 16.4 Å². The first-order chi connectivity index (χ1) is 15.1. The van der Waals surface area contributed by atoms with Crippen LogP contribution < -0.4 is 5.32 Å². The lowest BCUT2D eigenvalue weighted by Gasteiger charge is -2.06. The van der Waals surface area contributed by atoms with Crippen molar-refractivity contribution in [2.75, 3.05) is 5.32 Å². The van der Waals surface area contributed by atoms with E-state index >= 15 is 0 Å². The molecule has 152 valence electrons. The third kappa shape index (κ3) is 3.64. The summed E-state index contributed by atoms with van der Waals surface area (Å²) in [5, 5.41) is 2.68. The van der Waals surface area contributed by atoms with E-state index in [9.17, 15) is 9.18 Å². The molecule has 1 aromatic carbocycles. The standard InChI is InChI=1S/C22H15FN6O2/c1-13-25-10-20(31-13)21(30)27-15-5-6-17(23)16(8-15)19-12-29-11-14(9-26-22(29)28-19)18-4-2-3-7-24-18/h2-12H,1H3,(H,27,30). The molecule has 0 aliphatic heterocycles. The number of nitrogens with one attached hydrogen (secondary N) is 1. The number of hydrogen-bond donors (Lipinski definition) is 1. The molecule has 0 fully saturated rings. The van der Waals surface area contributed by atoms with Gasteiger partial charge in [0.2, 0.25) is 11.5 Å². The maximum atomic E-state index is 14.6. The molecule has 0 saturated carbocycles. The number of hydrogen-bond acceptors (Lipinski definition) is 6. The highest BCUT2D eigenvalue weighted by Gasteiger charge is 2.15. The SMILES string of the molecule is Cc1ncc(C(=O)Nc2ccc(F)c(-c3cn4cc(-c5ccccn5)cnc4n3)c2)o1. The highest BCUT2D eigenvalue weighted by molar-refractivity contribution is 6.02. The first-order valence-electron chi connectivity index (χ1n) is 9.37. The van der Waals surface area contributed by atoms with Crippen molar-refractivity contribution >= 4 is 17.4 Å². The van der Waals surface area contributed by atoms with Crippen molar-refractivity contribution in [3.05, 3.63) is 84.9 Å². The van der Waals surface area contributed by atoms with Crippen molar-refractivity contribution < 1.29 is 13.6 Å². The molecule has 5 rings (SSSR count). The van der Waals surface area contributed by atoms with Crippen LogP contribution in [0.3, 0.4) is 0 Å². The van der Waals surface area contributed by atoms with Crippen LogP contribution in [0.4, 0.5) is 10.1 Å². The zero-order valence-electron chi connectivity index (χ0n) is 16.3. The summed E-state index contributed by atoms with van der Waals surface area (Å²) in [6.07, 6.45) is 8.21. The predicted octanol–water partition coefficient (Wildman–Crippen LogP) is 4.15. The molecule has 0 atom stereocenters. The topological polar surface area (TPSA) is 98.2 Å². The number of oxazole rings is 1. The molecule has 1 amide bonds. The number of fused-ring (bicyclic) bond motifs is 1. The number of benzene rings is 1. The fourth-order valence-electron chi connectivity index (χ4n) is 3.14. The minimum atomic E-state index is -0.477. The first kappa shape index (κ1) is 18.6. The number of amides is 1. The van der Waals surface area contributed by atoms with E-state index in [0.29, 0.717) is 23.0 Å². The minimum Gasteiger partial charge on any atom is -0.436 e. The molecule has 0 radical (unpaired) electrons. The summed E-state index contributed by atoms with van der Waals surface area (Å²) < 4.78 is 21.5. The number of imidazole rings is 1. The molecular formula is C22H15FN6O2. The maximum absolute atomic E-state index is 14.6. The Hall–Kier alpha value is -4.40. The summed E-state index contributed by atoms with van der Waals surface area (Å²) in [5.41, 5.74) is 2.59. The monoisotopic (exact) mass is 414 g/mol. The fraction of sp³-hybridized carbons (Fsp3) is 0.0455. The van der Waals surface area contributed by atoms with Crippen molar-refractivity contribution in [2.45, 2.75) is 6.92 Å². The smallest absolute Gasteiger partial charge is 0.293 e. The Morgan fingerprint density at radius 2 is 1.97 bits per heavy atom. The number of aromatic nitrogens is 5. The molecule has 5 aromatic rings. The van der Waals surface area contributed by atoms with E-state index in [0.717, 1.165) is 11.3 Å². The summed E-state index contributed by atoms with van der Waals surface area (Å²) in [6.45, 7) is 1.64. The van der Waals surface area contributed by atoms with Gasteiger partial charge in [-0.1, -0.05) is 6.07 Å². The van der Waals surface area contributed by atoms with Crippen LogP contribution in [0.15, 0.2) is 71.8 Å². The summed E-state index contributed by atoms with van der Waals surface area (Å²) in [4.78, 5) is 29.3. The maximum Gasteiger partial charge on any atom is 0.293 e. The Labute approximate surface area is 175 Å². The lowest BCUT2D eigenvalue weighted by atomic mass is 10.1. The average molecular weight is 414 g/mol. The van der Waals surface area contributed by atoms with Gasteiger partial charge in [-0.15, -0.1) is 0 Å². The van der Waals surface area contributed by atoms with Gasteiger partial charge in [-0.3, -0.25) is 14.2 Å². The third-order valence-corrected chi connectivity index (χ3v) is 4.62. The van der Waals surface area contributed by atoms with Crippen LogP contribution in [0.2, 0.25) is 0 Å². The van der Waals surface area contributed by atoms with Crippen molar-refractivity contribution in [1.29, 1.82) is 0 Å². The largest absolute Gasteiger partial charge is 0.436 e. The van der Waals surface area contributed by atoms with E-state index in [1.807, 2.05) is 24.4 Å². The summed E-state index contributed by atoms with van der Waals surface area (Å²) >= 11 is 0. The van der Waals surface area contributed by atoms with Gasteiger partial charge in [0.05, 0.1) is 17.6 Å². The van der Waals surface area contributed by atoms with Crippen molar-refractivity contribution in [2.24, 2.45) is 0 Å². The molecule has 0 spiro atoms. The quantitative estimate of drug-likeness (QED) is 0.474. The van der Waals surface area contributed by atoms with Gasteiger partial charge < -0.3 is 9.73 Å². The molecule has 4 aromatic heterocycles. The number of pyridine rings is 1. The van der Waals surface area contributed by atoms with Crippen molar-refractivity contribution in [1.82, 2.24) is 24.3 Å². The second kappa shape index (κ2) is 7.45. The number of nitrogens with zero attached hydrogens (tertiary/aromatic N) is 5. The van der Waals surface area contributed by atoms with E-state index in [1.165, 1.54) is 24.4 Å². The molecule has 31 heavy (non-hydrogen) atoms. The molecular weight excluding hydrogens is 399 g/mol. The van der Waals surface area contributed by atoms with Gasteiger partial charge in [0.1, 0.15) is 5.82 Å². The Morgan fingerprint density at radius 3 is 2.74 bits per heavy atom. The molecule has 0 saturated heterocycles. The number of halogens is 1. The second-order valence-corrected chi connectivity index (χ2v) is 6.78. The molecule has 0 aliphatic rings. The zero-order valence-corrected chi connectivity index (χ0v) is 16.3. The Morgan fingerprint density at radius 1 is 1.06 bits per heavy atom. The van der Waals surface area contributed by atoms with Crippen LogP contribution in [-0.2, 0) is 0 Å². The van der Waals surface area contributed by atoms with E-state index in [-0.39, 0.29) is 11.3 Å². The predicted molar refractivity (Wildman–Crippen MR) is 111 cm³/mol. The van der Waals surface area contributed by atoms with Crippen molar-refractivity contribution in [3.8, 4) is 22.5 Å². The Balaban J connectivity index is 1.48. The molecule has 1 N–H and O–H groups in total. The number of aryl methyl sites for hydroxylation is 1. The van der Waals surface area contributed by atoms with Crippen molar-refractivity contribution in [3.63, 3.8) is 0 Å². The van der Waals surface area contributed by atoms with Crippen LogP contribution in [0.25, 0.3) is 28.3 Å². The van der Waals surface area contributed by atoms with E-state index in [1.54, 1.807) is 29.9 Å². The first-order valence-corrected chi connectivity index (χ1v) is 9.37. The minimum absolute atomic E-state index is 0.0716. The highest BCUT2D eigenvalue weighted by atomic mass is 19.1. The number of carbonyl (C=O) groups excluding carboxylic acids is 1. The number of anilines is 1. The molecule has 0 aliphatic carbocycles. The zero-order chi connectivity index (χ0) is 21.4. The second-order valence-electron chi connectivity index (χ2n) is 6.78. The molecule has 0 bridgehead atoms. The lowest BCUT2D eigenvalue weighted by molar-refractivity contribution is 0.0995. The molecule has 4 heterocycles. The van der Waals surface area contributed by atoms with Gasteiger partial charge in [-0.25, -0.2) is 19.3 Å². The summed E-state index contributed by atoms with van der Waals surface area (Å²) in [5.74, 6) is -0.0769. The lowest BCUT2D eigenvalue weighted by Crippen LogP contribution is -2.11. The van der Waals surface area contributed by atoms with Gasteiger partial charge >= 0.3 is 0 Å². The van der Waals surface area contributed by atoms with E-state index < -0.39 is 11.7 Å². The van der Waals surface area contributed by atoms with Crippen LogP contribution in [0, 0.1) is 12.7 Å². The van der Waals surface area contributed by atoms with Gasteiger partial charge in [0.15, 0.2) is 5.89 Å². The van der Waals surface area contributed by atoms with E-state index in [2.05, 4.69) is 25.3 Å². The van der Waals surface area contributed by atoms with Crippen LogP contribution >= 0.6 is 0 Å². The third-order valence-electron chi connectivity index (χ3n) is 4.62. The molecule has 0 unspecified atom stereocenters. The van der Waals surface area contributed by atoms with Crippen LogP contribution in [0.5, 0.6) is 0 Å². The molecule has 8 nitrogen and oxygen atoms in total. The van der Waals surface area contributed by atoms with Crippen LogP contribution in [-0.4, -0.2) is 30.2 Å². The van der Waals surface area contributed by atoms with Gasteiger partial charge in [0.25, 0.3) is 5.91 Å². The summed E-state index contributed by atoms with van der Waals surface area (Å²) in [7, 11) is 0. The number of carbonyl (C=O) groups is 1. The fourth-order valence-corrected chi connectivity index (χ4v) is 3.14. The van der Waals surface area contributed by atoms with Gasteiger partial charge in [0, 0.05) is 48.5 Å². The highest BCUT2D eigenvalue weighted by Crippen LogP contribution is 2.26.